The molecule has 2 heteroatoms. The SMILES string of the molecule is CCNC(CCc1cccnc1)Cc1cc(C)ccc1C. The number of aryl methyl sites for hydroxylation is 3. The van der Waals surface area contributed by atoms with E-state index in [4.69, 9.17) is 0 Å². The third-order valence-corrected chi connectivity index (χ3v) is 3.97. The number of nitrogens with one attached hydrogen (secondary N) is 1. The Balaban J connectivity index is 2.00. The fraction of sp³-hybridized carbons (Fsp3) is 0.421. The van der Waals surface area contributed by atoms with Gasteiger partial charge in [-0.15, -0.1) is 0 Å². The quantitative estimate of drug-likeness (QED) is 0.834. The van der Waals surface area contributed by atoms with Gasteiger partial charge in [-0.3, -0.25) is 4.98 Å². The van der Waals surface area contributed by atoms with Crippen molar-refractivity contribution in [2.24, 2.45) is 0 Å². The van der Waals surface area contributed by atoms with E-state index in [1.807, 2.05) is 18.5 Å². The van der Waals surface area contributed by atoms with Crippen molar-refractivity contribution in [2.75, 3.05) is 6.54 Å². The zero-order valence-corrected chi connectivity index (χ0v) is 13.4. The summed E-state index contributed by atoms with van der Waals surface area (Å²) in [7, 11) is 0. The minimum atomic E-state index is 0.524. The minimum Gasteiger partial charge on any atom is -0.314 e. The number of hydrogen-bond donors (Lipinski definition) is 1. The van der Waals surface area contributed by atoms with Crippen LogP contribution in [0.2, 0.25) is 0 Å². The maximum Gasteiger partial charge on any atom is 0.0299 e. The molecule has 2 aromatic rings. The highest BCUT2D eigenvalue weighted by molar-refractivity contribution is 5.31. The Morgan fingerprint density at radius 2 is 2.05 bits per heavy atom. The van der Waals surface area contributed by atoms with Gasteiger partial charge in [-0.2, -0.15) is 0 Å². The van der Waals surface area contributed by atoms with Gasteiger partial charge in [-0.25, -0.2) is 0 Å². The van der Waals surface area contributed by atoms with E-state index in [1.165, 1.54) is 22.3 Å². The van der Waals surface area contributed by atoms with Crippen molar-refractivity contribution in [1.29, 1.82) is 0 Å². The molecule has 0 fully saturated rings. The lowest BCUT2D eigenvalue weighted by Crippen LogP contribution is -2.31. The third-order valence-electron chi connectivity index (χ3n) is 3.97. The lowest BCUT2D eigenvalue weighted by molar-refractivity contribution is 0.490. The molecule has 0 spiro atoms. The average Bonchev–Trinajstić information content (AvgIpc) is 2.50. The van der Waals surface area contributed by atoms with E-state index in [9.17, 15) is 0 Å². The van der Waals surface area contributed by atoms with Crippen LogP contribution in [0.1, 0.15) is 35.6 Å². The van der Waals surface area contributed by atoms with Crippen molar-refractivity contribution in [3.8, 4) is 0 Å². The summed E-state index contributed by atoms with van der Waals surface area (Å²) in [6, 6.07) is 11.4. The Kier molecular flexibility index (Phi) is 5.94. The van der Waals surface area contributed by atoms with Crippen molar-refractivity contribution in [3.05, 3.63) is 65.0 Å². The number of pyridine rings is 1. The number of likely N-dealkylation sites (N-methyl/N-ethyl adjacent to an activating group) is 1. The molecule has 0 radical (unpaired) electrons. The van der Waals surface area contributed by atoms with Gasteiger partial charge in [0.1, 0.15) is 0 Å². The van der Waals surface area contributed by atoms with Crippen molar-refractivity contribution in [1.82, 2.24) is 10.3 Å². The van der Waals surface area contributed by atoms with Gasteiger partial charge in [-0.1, -0.05) is 36.8 Å². The second-order valence-corrected chi connectivity index (χ2v) is 5.79. The van der Waals surface area contributed by atoms with Crippen LogP contribution in [-0.2, 0) is 12.8 Å². The predicted molar refractivity (Wildman–Crippen MR) is 89.6 cm³/mol. The fourth-order valence-corrected chi connectivity index (χ4v) is 2.74. The highest BCUT2D eigenvalue weighted by Crippen LogP contribution is 2.15. The topological polar surface area (TPSA) is 24.9 Å². The zero-order valence-electron chi connectivity index (χ0n) is 13.4. The highest BCUT2D eigenvalue weighted by atomic mass is 14.9. The van der Waals surface area contributed by atoms with Crippen LogP contribution in [0.25, 0.3) is 0 Å². The molecule has 1 atom stereocenters. The van der Waals surface area contributed by atoms with Gasteiger partial charge in [0.05, 0.1) is 0 Å². The second-order valence-electron chi connectivity index (χ2n) is 5.79. The van der Waals surface area contributed by atoms with Gasteiger partial charge in [0.15, 0.2) is 0 Å². The molecule has 112 valence electrons. The Bertz CT molecular complexity index is 549. The normalized spacial score (nSPS) is 12.3. The van der Waals surface area contributed by atoms with Gasteiger partial charge >= 0.3 is 0 Å². The summed E-state index contributed by atoms with van der Waals surface area (Å²) in [5.74, 6) is 0. The van der Waals surface area contributed by atoms with Crippen LogP contribution in [0.15, 0.2) is 42.7 Å². The van der Waals surface area contributed by atoms with Crippen LogP contribution in [0.3, 0.4) is 0 Å². The number of nitrogens with zero attached hydrogens (tertiary/aromatic N) is 1. The Morgan fingerprint density at radius 1 is 1.19 bits per heavy atom. The molecule has 1 aromatic heterocycles. The van der Waals surface area contributed by atoms with E-state index in [0.717, 1.165) is 25.8 Å². The molecule has 2 rings (SSSR count). The molecule has 0 bridgehead atoms. The first-order valence-electron chi connectivity index (χ1n) is 7.87. The van der Waals surface area contributed by atoms with Crippen LogP contribution in [0.5, 0.6) is 0 Å². The van der Waals surface area contributed by atoms with E-state index in [0.29, 0.717) is 6.04 Å². The summed E-state index contributed by atoms with van der Waals surface area (Å²) in [5.41, 5.74) is 5.52. The molecule has 0 aliphatic carbocycles. The molecular formula is C19H26N2. The Morgan fingerprint density at radius 3 is 2.76 bits per heavy atom. The Labute approximate surface area is 128 Å². The maximum atomic E-state index is 4.20. The maximum absolute atomic E-state index is 4.20. The molecule has 0 saturated carbocycles. The molecule has 1 aromatic carbocycles. The zero-order chi connectivity index (χ0) is 15.1. The van der Waals surface area contributed by atoms with Crippen LogP contribution < -0.4 is 5.32 Å². The fourth-order valence-electron chi connectivity index (χ4n) is 2.74. The first-order valence-corrected chi connectivity index (χ1v) is 7.87. The largest absolute Gasteiger partial charge is 0.314 e. The van der Waals surface area contributed by atoms with Gasteiger partial charge in [0.25, 0.3) is 0 Å². The van der Waals surface area contributed by atoms with Crippen LogP contribution in [0, 0.1) is 13.8 Å². The molecule has 1 unspecified atom stereocenters. The monoisotopic (exact) mass is 282 g/mol. The van der Waals surface area contributed by atoms with Gasteiger partial charge in [0.2, 0.25) is 0 Å². The summed E-state index contributed by atoms with van der Waals surface area (Å²) in [6.45, 7) is 7.57. The minimum absolute atomic E-state index is 0.524. The van der Waals surface area contributed by atoms with E-state index >= 15 is 0 Å². The second kappa shape index (κ2) is 7.94. The summed E-state index contributed by atoms with van der Waals surface area (Å²) >= 11 is 0. The molecule has 1 N–H and O–H groups in total. The molecule has 21 heavy (non-hydrogen) atoms. The van der Waals surface area contributed by atoms with Crippen molar-refractivity contribution in [3.63, 3.8) is 0 Å². The summed E-state index contributed by atoms with van der Waals surface area (Å²) in [5, 5.41) is 3.63. The number of rotatable bonds is 7. The third kappa shape index (κ3) is 4.98. The van der Waals surface area contributed by atoms with E-state index in [-0.39, 0.29) is 0 Å². The summed E-state index contributed by atoms with van der Waals surface area (Å²) in [4.78, 5) is 4.20. The summed E-state index contributed by atoms with van der Waals surface area (Å²) < 4.78 is 0. The predicted octanol–water partition coefficient (Wildman–Crippen LogP) is 3.85. The lowest BCUT2D eigenvalue weighted by Gasteiger charge is -2.19. The number of hydrogen-bond acceptors (Lipinski definition) is 2. The average molecular weight is 282 g/mol. The van der Waals surface area contributed by atoms with E-state index in [1.54, 1.807) is 0 Å². The van der Waals surface area contributed by atoms with Crippen LogP contribution >= 0.6 is 0 Å². The molecule has 0 aliphatic heterocycles. The lowest BCUT2D eigenvalue weighted by atomic mass is 9.95. The number of benzene rings is 1. The van der Waals surface area contributed by atoms with E-state index < -0.39 is 0 Å². The van der Waals surface area contributed by atoms with Gasteiger partial charge < -0.3 is 5.32 Å². The first-order chi connectivity index (χ1) is 10.2. The first kappa shape index (κ1) is 15.7. The summed E-state index contributed by atoms with van der Waals surface area (Å²) in [6.07, 6.45) is 7.13. The van der Waals surface area contributed by atoms with Crippen molar-refractivity contribution >= 4 is 0 Å². The molecule has 1 heterocycles. The van der Waals surface area contributed by atoms with Gasteiger partial charge in [-0.05, 0) is 62.4 Å². The molecule has 0 saturated heterocycles. The van der Waals surface area contributed by atoms with Gasteiger partial charge in [0, 0.05) is 18.4 Å². The van der Waals surface area contributed by atoms with Crippen molar-refractivity contribution in [2.45, 2.75) is 46.1 Å². The highest BCUT2D eigenvalue weighted by Gasteiger charge is 2.10. The Hall–Kier alpha value is -1.67. The smallest absolute Gasteiger partial charge is 0.0299 e. The van der Waals surface area contributed by atoms with Crippen molar-refractivity contribution < 1.29 is 0 Å². The molecule has 0 amide bonds. The molecule has 0 aliphatic rings. The number of aromatic nitrogens is 1. The molecule has 2 nitrogen and oxygen atoms in total. The van der Waals surface area contributed by atoms with E-state index in [2.05, 4.69) is 55.3 Å². The van der Waals surface area contributed by atoms with Crippen LogP contribution in [-0.4, -0.2) is 17.6 Å². The standard InChI is InChI=1S/C19H26N2/c1-4-21-19(10-9-17-6-5-11-20-14-17)13-18-12-15(2)7-8-16(18)3/h5-8,11-12,14,19,21H,4,9-10,13H2,1-3H3. The van der Waals surface area contributed by atoms with Crippen LogP contribution in [0.4, 0.5) is 0 Å². The molecular weight excluding hydrogens is 256 g/mol.